The van der Waals surface area contributed by atoms with E-state index in [0.717, 1.165) is 4.90 Å². The molecular formula is C22H14ClFN2O5. The number of nitrogens with one attached hydrogen (secondary N) is 1. The van der Waals surface area contributed by atoms with E-state index in [-0.39, 0.29) is 28.6 Å². The Balaban J connectivity index is 1.55. The van der Waals surface area contributed by atoms with Crippen molar-refractivity contribution in [3.63, 3.8) is 0 Å². The van der Waals surface area contributed by atoms with E-state index in [0.29, 0.717) is 16.9 Å². The van der Waals surface area contributed by atoms with Gasteiger partial charge in [0, 0.05) is 11.6 Å². The van der Waals surface area contributed by atoms with Crippen LogP contribution in [0.2, 0.25) is 5.02 Å². The second-order valence-corrected chi connectivity index (χ2v) is 7.11. The molecule has 9 heteroatoms. The molecule has 3 aromatic rings. The number of aromatic carboxylic acids is 1. The van der Waals surface area contributed by atoms with Gasteiger partial charge in [0.05, 0.1) is 17.1 Å². The zero-order chi connectivity index (χ0) is 22.1. The van der Waals surface area contributed by atoms with Gasteiger partial charge in [-0.25, -0.2) is 14.0 Å². The normalized spacial score (nSPS) is 14.9. The van der Waals surface area contributed by atoms with Gasteiger partial charge in [0.15, 0.2) is 0 Å². The molecular weight excluding hydrogens is 427 g/mol. The second-order valence-electron chi connectivity index (χ2n) is 6.71. The third-order valence-corrected chi connectivity index (χ3v) is 4.94. The van der Waals surface area contributed by atoms with Crippen LogP contribution in [-0.4, -0.2) is 27.9 Å². The Morgan fingerprint density at radius 1 is 1.13 bits per heavy atom. The number of carboxylic acid groups (broad SMARTS) is 1. The van der Waals surface area contributed by atoms with Gasteiger partial charge in [-0.3, -0.25) is 9.69 Å². The van der Waals surface area contributed by atoms with Crippen LogP contribution in [0.3, 0.4) is 0 Å². The fourth-order valence-electron chi connectivity index (χ4n) is 3.06. The highest BCUT2D eigenvalue weighted by atomic mass is 35.5. The van der Waals surface area contributed by atoms with E-state index in [4.69, 9.17) is 16.0 Å². The van der Waals surface area contributed by atoms with Gasteiger partial charge in [0.1, 0.15) is 23.0 Å². The maximum Gasteiger partial charge on any atom is 0.337 e. The number of nitrogens with zero attached hydrogens (tertiary/aromatic N) is 1. The molecule has 1 aliphatic heterocycles. The second kappa shape index (κ2) is 8.08. The lowest BCUT2D eigenvalue weighted by Gasteiger charge is -2.11. The first-order chi connectivity index (χ1) is 14.8. The van der Waals surface area contributed by atoms with E-state index in [2.05, 4.69) is 5.32 Å². The number of rotatable bonds is 5. The van der Waals surface area contributed by atoms with Crippen molar-refractivity contribution < 1.29 is 28.3 Å². The molecule has 31 heavy (non-hydrogen) atoms. The Morgan fingerprint density at radius 2 is 1.87 bits per heavy atom. The van der Waals surface area contributed by atoms with Crippen LogP contribution in [-0.2, 0) is 11.3 Å². The summed E-state index contributed by atoms with van der Waals surface area (Å²) in [5, 5.41) is 11.8. The number of halogens is 2. The van der Waals surface area contributed by atoms with Crippen LogP contribution >= 0.6 is 11.6 Å². The van der Waals surface area contributed by atoms with Crippen LogP contribution in [0, 0.1) is 5.82 Å². The number of hydrogen-bond acceptors (Lipinski definition) is 4. The first-order valence-electron chi connectivity index (χ1n) is 9.04. The minimum absolute atomic E-state index is 0.00552. The highest BCUT2D eigenvalue weighted by Crippen LogP contribution is 2.28. The molecule has 1 aromatic heterocycles. The number of carbonyl (C=O) groups excluding carboxylic acids is 2. The number of hydrogen-bond donors (Lipinski definition) is 2. The molecule has 0 aliphatic carbocycles. The predicted molar refractivity (Wildman–Crippen MR) is 110 cm³/mol. The van der Waals surface area contributed by atoms with Gasteiger partial charge in [-0.05, 0) is 48.0 Å². The topological polar surface area (TPSA) is 99.9 Å². The SMILES string of the molecule is O=C(O)c1cc(-c2ccc(/C=C3\NC(=O)N(Cc4ccc(F)cc4)C3=O)o2)ccc1Cl. The standard InChI is InChI=1S/C22H14ClFN2O5/c23-17-7-3-13(9-16(17)21(28)29)19-8-6-15(31-19)10-18-20(27)26(22(30)25-18)11-12-1-4-14(24)5-2-12/h1-10H,11H2,(H,25,30)(H,28,29)/b18-10-. The van der Waals surface area contributed by atoms with E-state index in [1.807, 2.05) is 0 Å². The lowest BCUT2D eigenvalue weighted by molar-refractivity contribution is -0.123. The Hall–Kier alpha value is -3.91. The molecule has 0 spiro atoms. The average molecular weight is 441 g/mol. The van der Waals surface area contributed by atoms with Gasteiger partial charge in [0.25, 0.3) is 5.91 Å². The van der Waals surface area contributed by atoms with Crippen molar-refractivity contribution in [2.75, 3.05) is 0 Å². The van der Waals surface area contributed by atoms with Crippen LogP contribution in [0.4, 0.5) is 9.18 Å². The summed E-state index contributed by atoms with van der Waals surface area (Å²) in [5.74, 6) is -1.47. The number of carboxylic acids is 1. The highest BCUT2D eigenvalue weighted by molar-refractivity contribution is 6.33. The van der Waals surface area contributed by atoms with Gasteiger partial charge in [-0.15, -0.1) is 0 Å². The zero-order valence-electron chi connectivity index (χ0n) is 15.8. The minimum atomic E-state index is -1.17. The molecule has 1 aliphatic rings. The number of carbonyl (C=O) groups is 3. The summed E-state index contributed by atoms with van der Waals surface area (Å²) < 4.78 is 18.7. The lowest BCUT2D eigenvalue weighted by Crippen LogP contribution is -2.30. The summed E-state index contributed by atoms with van der Waals surface area (Å²) in [6.07, 6.45) is 1.38. The van der Waals surface area contributed by atoms with E-state index >= 15 is 0 Å². The molecule has 156 valence electrons. The van der Waals surface area contributed by atoms with Gasteiger partial charge >= 0.3 is 12.0 Å². The molecule has 3 amide bonds. The monoisotopic (exact) mass is 440 g/mol. The number of imide groups is 1. The Bertz CT molecular complexity index is 1230. The molecule has 7 nitrogen and oxygen atoms in total. The Kier molecular flexibility index (Phi) is 5.31. The smallest absolute Gasteiger partial charge is 0.337 e. The maximum absolute atomic E-state index is 13.0. The Morgan fingerprint density at radius 3 is 2.58 bits per heavy atom. The summed E-state index contributed by atoms with van der Waals surface area (Å²) in [6.45, 7) is -0.00552. The van der Waals surface area contributed by atoms with Crippen LogP contribution in [0.1, 0.15) is 21.7 Å². The molecule has 0 bridgehead atoms. The first kappa shape index (κ1) is 20.4. The van der Waals surface area contributed by atoms with Crippen LogP contribution < -0.4 is 5.32 Å². The predicted octanol–water partition coefficient (Wildman–Crippen LogP) is 4.53. The molecule has 2 aromatic carbocycles. The summed E-state index contributed by atoms with van der Waals surface area (Å²) in [5.41, 5.74) is 1.05. The van der Waals surface area contributed by atoms with Crippen molar-refractivity contribution >= 4 is 35.6 Å². The van der Waals surface area contributed by atoms with Gasteiger partial charge in [-0.2, -0.15) is 0 Å². The van der Waals surface area contributed by atoms with Gasteiger partial charge in [0.2, 0.25) is 0 Å². The summed E-state index contributed by atoms with van der Waals surface area (Å²) in [6, 6.07) is 12.5. The molecule has 1 fully saturated rings. The van der Waals surface area contributed by atoms with Gasteiger partial charge < -0.3 is 14.8 Å². The first-order valence-corrected chi connectivity index (χ1v) is 9.41. The van der Waals surface area contributed by atoms with Crippen LogP contribution in [0.25, 0.3) is 17.4 Å². The molecule has 0 atom stereocenters. The molecule has 2 heterocycles. The molecule has 0 radical (unpaired) electrons. The van der Waals surface area contributed by atoms with Crippen molar-refractivity contribution in [3.05, 3.63) is 88.0 Å². The summed E-state index contributed by atoms with van der Waals surface area (Å²) in [4.78, 5) is 37.1. The number of benzene rings is 2. The third kappa shape index (κ3) is 4.19. The van der Waals surface area contributed by atoms with E-state index < -0.39 is 23.7 Å². The van der Waals surface area contributed by atoms with E-state index in [1.165, 1.54) is 42.5 Å². The number of amides is 3. The lowest BCUT2D eigenvalue weighted by atomic mass is 10.1. The Labute approximate surface area is 180 Å². The van der Waals surface area contributed by atoms with Crippen LogP contribution in [0.5, 0.6) is 0 Å². The van der Waals surface area contributed by atoms with Crippen LogP contribution in [0.15, 0.2) is 64.7 Å². The summed E-state index contributed by atoms with van der Waals surface area (Å²) in [7, 11) is 0. The van der Waals surface area contributed by atoms with Crippen molar-refractivity contribution in [1.29, 1.82) is 0 Å². The number of furan rings is 1. The largest absolute Gasteiger partial charge is 0.478 e. The number of urea groups is 1. The van der Waals surface area contributed by atoms with Crippen molar-refractivity contribution in [2.45, 2.75) is 6.54 Å². The highest BCUT2D eigenvalue weighted by Gasteiger charge is 2.33. The molecule has 4 rings (SSSR count). The van der Waals surface area contributed by atoms with E-state index in [1.54, 1.807) is 18.2 Å². The van der Waals surface area contributed by atoms with Gasteiger partial charge in [-0.1, -0.05) is 23.7 Å². The average Bonchev–Trinajstić information content (AvgIpc) is 3.30. The van der Waals surface area contributed by atoms with Crippen molar-refractivity contribution in [1.82, 2.24) is 10.2 Å². The zero-order valence-corrected chi connectivity index (χ0v) is 16.5. The quantitative estimate of drug-likeness (QED) is 0.448. The molecule has 0 unspecified atom stereocenters. The summed E-state index contributed by atoms with van der Waals surface area (Å²) >= 11 is 5.88. The fourth-order valence-corrected chi connectivity index (χ4v) is 3.26. The minimum Gasteiger partial charge on any atom is -0.478 e. The molecule has 0 saturated carbocycles. The maximum atomic E-state index is 13.0. The molecule has 2 N–H and O–H groups in total. The van der Waals surface area contributed by atoms with Crippen molar-refractivity contribution in [2.24, 2.45) is 0 Å². The fraction of sp³-hybridized carbons (Fsp3) is 0.0455. The van der Waals surface area contributed by atoms with Crippen molar-refractivity contribution in [3.8, 4) is 11.3 Å². The third-order valence-electron chi connectivity index (χ3n) is 4.61. The molecule has 1 saturated heterocycles. The van der Waals surface area contributed by atoms with E-state index in [9.17, 15) is 23.9 Å².